The number of aromatic nitrogens is 1. The summed E-state index contributed by atoms with van der Waals surface area (Å²) in [6, 6.07) is 4.31. The Kier molecular flexibility index (Phi) is 3.56. The minimum Gasteiger partial charge on any atom is -0.381 e. The van der Waals surface area contributed by atoms with E-state index in [1.807, 2.05) is 0 Å². The number of nitrogens with two attached hydrogens (primary N) is 1. The summed E-state index contributed by atoms with van der Waals surface area (Å²) < 4.78 is 5.42. The summed E-state index contributed by atoms with van der Waals surface area (Å²) in [5, 5.41) is 0. The quantitative estimate of drug-likeness (QED) is 0.849. The van der Waals surface area contributed by atoms with Crippen molar-refractivity contribution in [1.29, 1.82) is 0 Å². The van der Waals surface area contributed by atoms with E-state index in [0.29, 0.717) is 18.4 Å². The molecule has 2 N–H and O–H groups in total. The molecule has 1 aliphatic rings. The predicted molar refractivity (Wildman–Crippen MR) is 64.4 cm³/mol. The predicted octanol–water partition coefficient (Wildman–Crippen LogP) is 2.17. The Morgan fingerprint density at radius 2 is 2.31 bits per heavy atom. The van der Waals surface area contributed by atoms with Gasteiger partial charge in [0, 0.05) is 24.8 Å². The molecule has 0 saturated carbocycles. The molecule has 3 heteroatoms. The normalized spacial score (nSPS) is 20.6. The van der Waals surface area contributed by atoms with Gasteiger partial charge in [0.1, 0.15) is 0 Å². The molecule has 16 heavy (non-hydrogen) atoms. The fourth-order valence-corrected chi connectivity index (χ4v) is 2.17. The van der Waals surface area contributed by atoms with Crippen molar-refractivity contribution in [2.75, 3.05) is 13.2 Å². The first-order valence-corrected chi connectivity index (χ1v) is 6.00. The minimum absolute atomic E-state index is 0.458. The third-order valence-corrected chi connectivity index (χ3v) is 3.19. The van der Waals surface area contributed by atoms with Gasteiger partial charge in [-0.1, -0.05) is 19.9 Å². The van der Waals surface area contributed by atoms with E-state index in [-0.39, 0.29) is 0 Å². The Labute approximate surface area is 97.0 Å². The second-order valence-corrected chi connectivity index (χ2v) is 4.69. The van der Waals surface area contributed by atoms with E-state index in [0.717, 1.165) is 31.0 Å². The molecule has 0 amide bonds. The third-order valence-electron chi connectivity index (χ3n) is 3.19. The van der Waals surface area contributed by atoms with Gasteiger partial charge < -0.3 is 10.5 Å². The molecule has 1 aromatic rings. The number of hydrogen-bond donors (Lipinski definition) is 1. The van der Waals surface area contributed by atoms with Gasteiger partial charge >= 0.3 is 0 Å². The summed E-state index contributed by atoms with van der Waals surface area (Å²) in [7, 11) is 0. The Bertz CT molecular complexity index is 357. The molecule has 2 rings (SSSR count). The van der Waals surface area contributed by atoms with Gasteiger partial charge in [0.15, 0.2) is 0 Å². The smallest absolute Gasteiger partial charge is 0.0578 e. The Morgan fingerprint density at radius 1 is 1.50 bits per heavy atom. The summed E-state index contributed by atoms with van der Waals surface area (Å²) in [5.74, 6) is 0.950. The zero-order valence-electron chi connectivity index (χ0n) is 10.1. The molecule has 3 nitrogen and oxygen atoms in total. The van der Waals surface area contributed by atoms with E-state index in [1.165, 1.54) is 5.56 Å². The average molecular weight is 220 g/mol. The van der Waals surface area contributed by atoms with Crippen LogP contribution in [0, 0.1) is 0 Å². The maximum atomic E-state index is 5.78. The molecule has 1 fully saturated rings. The van der Waals surface area contributed by atoms with Crippen LogP contribution in [-0.2, 0) is 11.3 Å². The van der Waals surface area contributed by atoms with Gasteiger partial charge in [-0.25, -0.2) is 0 Å². The first-order chi connectivity index (χ1) is 7.72. The first-order valence-electron chi connectivity index (χ1n) is 6.00. The van der Waals surface area contributed by atoms with Crippen molar-refractivity contribution in [3.05, 3.63) is 29.1 Å². The molecule has 88 valence electrons. The summed E-state index contributed by atoms with van der Waals surface area (Å²) in [6.45, 7) is 6.50. The molecule has 0 bridgehead atoms. The van der Waals surface area contributed by atoms with Crippen molar-refractivity contribution in [2.45, 2.75) is 38.6 Å². The zero-order valence-corrected chi connectivity index (χ0v) is 10.1. The van der Waals surface area contributed by atoms with E-state index in [2.05, 4.69) is 31.0 Å². The highest BCUT2D eigenvalue weighted by atomic mass is 16.5. The van der Waals surface area contributed by atoms with Crippen LogP contribution in [0.4, 0.5) is 0 Å². The molecule has 1 saturated heterocycles. The Hall–Kier alpha value is -0.930. The van der Waals surface area contributed by atoms with Gasteiger partial charge in [-0.05, 0) is 24.0 Å². The van der Waals surface area contributed by atoms with Crippen LogP contribution in [0.2, 0.25) is 0 Å². The number of nitrogens with zero attached hydrogens (tertiary/aromatic N) is 1. The lowest BCUT2D eigenvalue weighted by Gasteiger charge is -2.15. The van der Waals surface area contributed by atoms with Gasteiger partial charge in [0.25, 0.3) is 0 Å². The van der Waals surface area contributed by atoms with E-state index in [9.17, 15) is 0 Å². The highest BCUT2D eigenvalue weighted by molar-refractivity contribution is 5.28. The van der Waals surface area contributed by atoms with Crippen LogP contribution in [0.1, 0.15) is 49.1 Å². The van der Waals surface area contributed by atoms with Crippen molar-refractivity contribution in [3.63, 3.8) is 0 Å². The van der Waals surface area contributed by atoms with E-state index < -0.39 is 0 Å². The summed E-state index contributed by atoms with van der Waals surface area (Å²) in [5.41, 5.74) is 9.24. The van der Waals surface area contributed by atoms with Crippen LogP contribution in [-0.4, -0.2) is 18.2 Å². The number of hydrogen-bond acceptors (Lipinski definition) is 3. The average Bonchev–Trinajstić information content (AvgIpc) is 2.81. The molecule has 2 heterocycles. The zero-order chi connectivity index (χ0) is 11.5. The van der Waals surface area contributed by atoms with E-state index in [1.54, 1.807) is 0 Å². The lowest BCUT2D eigenvalue weighted by Crippen LogP contribution is -2.11. The summed E-state index contributed by atoms with van der Waals surface area (Å²) in [4.78, 5) is 4.65. The van der Waals surface area contributed by atoms with Crippen LogP contribution in [0.3, 0.4) is 0 Å². The second kappa shape index (κ2) is 4.93. The molecular formula is C13H20N2O. The summed E-state index contributed by atoms with van der Waals surface area (Å²) in [6.07, 6.45) is 1.09. The van der Waals surface area contributed by atoms with Crippen LogP contribution in [0.5, 0.6) is 0 Å². The van der Waals surface area contributed by atoms with Crippen molar-refractivity contribution in [1.82, 2.24) is 4.98 Å². The molecule has 1 aliphatic heterocycles. The monoisotopic (exact) mass is 220 g/mol. The van der Waals surface area contributed by atoms with E-state index >= 15 is 0 Å². The molecule has 1 atom stereocenters. The van der Waals surface area contributed by atoms with Crippen LogP contribution in [0.15, 0.2) is 12.1 Å². The number of pyridine rings is 1. The van der Waals surface area contributed by atoms with Gasteiger partial charge in [-0.2, -0.15) is 0 Å². The fourth-order valence-electron chi connectivity index (χ4n) is 2.17. The molecular weight excluding hydrogens is 200 g/mol. The molecule has 1 aromatic heterocycles. The van der Waals surface area contributed by atoms with Crippen molar-refractivity contribution in [2.24, 2.45) is 5.73 Å². The SMILES string of the molecule is CC(C)c1ccc([C@H]2CCOC2)c(CN)n1. The van der Waals surface area contributed by atoms with Crippen molar-refractivity contribution >= 4 is 0 Å². The lowest BCUT2D eigenvalue weighted by molar-refractivity contribution is 0.193. The largest absolute Gasteiger partial charge is 0.381 e. The van der Waals surface area contributed by atoms with Gasteiger partial charge in [0.05, 0.1) is 12.3 Å². The van der Waals surface area contributed by atoms with Gasteiger partial charge in [0.2, 0.25) is 0 Å². The molecule has 0 radical (unpaired) electrons. The maximum absolute atomic E-state index is 5.78. The highest BCUT2D eigenvalue weighted by Gasteiger charge is 2.21. The number of ether oxygens (including phenoxy) is 1. The minimum atomic E-state index is 0.458. The third kappa shape index (κ3) is 2.25. The molecule has 0 spiro atoms. The Balaban J connectivity index is 2.30. The first kappa shape index (κ1) is 11.6. The standard InChI is InChI=1S/C13H20N2O/c1-9(2)12-4-3-11(13(7-14)15-12)10-5-6-16-8-10/h3-4,9-10H,5-8,14H2,1-2H3/t10-/m0/s1. The van der Waals surface area contributed by atoms with Gasteiger partial charge in [-0.15, -0.1) is 0 Å². The van der Waals surface area contributed by atoms with Gasteiger partial charge in [-0.3, -0.25) is 4.98 Å². The Morgan fingerprint density at radius 3 is 2.88 bits per heavy atom. The topological polar surface area (TPSA) is 48.1 Å². The molecule has 0 aromatic carbocycles. The van der Waals surface area contributed by atoms with Crippen molar-refractivity contribution < 1.29 is 4.74 Å². The second-order valence-electron chi connectivity index (χ2n) is 4.69. The van der Waals surface area contributed by atoms with E-state index in [4.69, 9.17) is 10.5 Å². The van der Waals surface area contributed by atoms with Crippen molar-refractivity contribution in [3.8, 4) is 0 Å². The van der Waals surface area contributed by atoms with Crippen LogP contribution >= 0.6 is 0 Å². The van der Waals surface area contributed by atoms with Crippen LogP contribution < -0.4 is 5.73 Å². The lowest BCUT2D eigenvalue weighted by atomic mass is 9.95. The molecule has 0 unspecified atom stereocenters. The summed E-state index contributed by atoms with van der Waals surface area (Å²) >= 11 is 0. The molecule has 0 aliphatic carbocycles. The fraction of sp³-hybridized carbons (Fsp3) is 0.615. The number of rotatable bonds is 3. The highest BCUT2D eigenvalue weighted by Crippen LogP contribution is 2.28. The van der Waals surface area contributed by atoms with Crippen LogP contribution in [0.25, 0.3) is 0 Å². The maximum Gasteiger partial charge on any atom is 0.0578 e.